The monoisotopic (exact) mass is 478 g/mol. The smallest absolute Gasteiger partial charge is 0.335 e. The number of hydrogen-bond donors (Lipinski definition) is 8. The molecule has 0 unspecified atom stereocenters. The summed E-state index contributed by atoms with van der Waals surface area (Å²) in [5.41, 5.74) is -1.35. The molecule has 0 radical (unpaired) electrons. The first-order valence-corrected chi connectivity index (χ1v) is 9.64. The second-order valence-corrected chi connectivity index (χ2v) is 7.48. The van der Waals surface area contributed by atoms with E-state index in [1.807, 2.05) is 0 Å². The predicted octanol–water partition coefficient (Wildman–Crippen LogP) is -0.447. The fraction of sp³-hybridized carbons (Fsp3) is 0.238. The average Bonchev–Trinajstić information content (AvgIpc) is 2.78. The number of hydrogen-bond acceptors (Lipinski definition) is 12. The first-order valence-electron chi connectivity index (χ1n) is 9.64. The first-order chi connectivity index (χ1) is 16.0. The van der Waals surface area contributed by atoms with Gasteiger partial charge < -0.3 is 54.7 Å². The van der Waals surface area contributed by atoms with Gasteiger partial charge in [-0.25, -0.2) is 4.79 Å². The van der Waals surface area contributed by atoms with Crippen molar-refractivity contribution in [3.63, 3.8) is 0 Å². The van der Waals surface area contributed by atoms with Crippen LogP contribution in [0.3, 0.4) is 0 Å². The molecule has 1 aromatic heterocycles. The summed E-state index contributed by atoms with van der Waals surface area (Å²) >= 11 is 0. The van der Waals surface area contributed by atoms with Crippen molar-refractivity contribution in [1.82, 2.24) is 0 Å². The zero-order valence-corrected chi connectivity index (χ0v) is 16.9. The summed E-state index contributed by atoms with van der Waals surface area (Å²) in [5, 5.41) is 78.2. The van der Waals surface area contributed by atoms with Crippen LogP contribution in [0.2, 0.25) is 0 Å². The van der Waals surface area contributed by atoms with Crippen molar-refractivity contribution < 1.29 is 59.5 Å². The van der Waals surface area contributed by atoms with E-state index in [0.717, 1.165) is 24.3 Å². The largest absolute Gasteiger partial charge is 0.507 e. The van der Waals surface area contributed by atoms with Gasteiger partial charge in [0.15, 0.2) is 23.4 Å². The fourth-order valence-corrected chi connectivity index (χ4v) is 3.48. The Bertz CT molecular complexity index is 1330. The molecule has 0 bridgehead atoms. The topological polar surface area (TPSA) is 228 Å². The van der Waals surface area contributed by atoms with Gasteiger partial charge >= 0.3 is 5.97 Å². The second-order valence-electron chi connectivity index (χ2n) is 7.48. The Morgan fingerprint density at radius 2 is 1.59 bits per heavy atom. The maximum absolute atomic E-state index is 12.6. The Morgan fingerprint density at radius 3 is 2.24 bits per heavy atom. The van der Waals surface area contributed by atoms with Gasteiger partial charge in [-0.05, 0) is 18.2 Å². The van der Waals surface area contributed by atoms with E-state index >= 15 is 0 Å². The molecule has 3 aromatic rings. The van der Waals surface area contributed by atoms with Crippen LogP contribution in [0.5, 0.6) is 28.7 Å². The summed E-state index contributed by atoms with van der Waals surface area (Å²) in [6.07, 6.45) is -9.49. The molecule has 0 saturated carbocycles. The molecule has 4 rings (SSSR count). The van der Waals surface area contributed by atoms with E-state index < -0.39 is 76.2 Å². The van der Waals surface area contributed by atoms with Crippen LogP contribution in [-0.4, -0.2) is 77.5 Å². The lowest BCUT2D eigenvalue weighted by molar-refractivity contribution is -0.271. The van der Waals surface area contributed by atoms with Gasteiger partial charge in [-0.1, -0.05) is 0 Å². The summed E-state index contributed by atoms with van der Waals surface area (Å²) < 4.78 is 15.9. The van der Waals surface area contributed by atoms with Gasteiger partial charge in [0.25, 0.3) is 0 Å². The fourth-order valence-electron chi connectivity index (χ4n) is 3.48. The van der Waals surface area contributed by atoms with E-state index in [4.69, 9.17) is 19.0 Å². The van der Waals surface area contributed by atoms with Crippen LogP contribution in [0.15, 0.2) is 39.5 Å². The first kappa shape index (κ1) is 23.1. The molecule has 1 aliphatic heterocycles. The summed E-state index contributed by atoms with van der Waals surface area (Å²) in [4.78, 5) is 23.9. The summed E-state index contributed by atoms with van der Waals surface area (Å²) in [6.45, 7) is 0. The molecule has 0 amide bonds. The second kappa shape index (κ2) is 8.39. The normalized spacial score (nSPS) is 24.7. The molecular formula is C21H18O13. The minimum atomic E-state index is -1.94. The molecule has 1 saturated heterocycles. The van der Waals surface area contributed by atoms with Crippen LogP contribution in [-0.2, 0) is 9.53 Å². The SMILES string of the molecule is O=C(O)[C@H]1O[C@@H](Oc2cc(O)c3c(=O)c(O)c(-c4ccc(O)c(O)c4)oc3c2)[C@@H](O)[C@H](O)[C@H]1O. The number of aliphatic carboxylic acids is 1. The Hall–Kier alpha value is -4.04. The van der Waals surface area contributed by atoms with Crippen molar-refractivity contribution >= 4 is 16.9 Å². The molecule has 180 valence electrons. The molecule has 2 aromatic carbocycles. The molecule has 5 atom stereocenters. The maximum Gasteiger partial charge on any atom is 0.335 e. The molecule has 8 N–H and O–H groups in total. The Morgan fingerprint density at radius 1 is 0.882 bits per heavy atom. The average molecular weight is 478 g/mol. The van der Waals surface area contributed by atoms with Crippen molar-refractivity contribution in [2.45, 2.75) is 30.7 Å². The highest BCUT2D eigenvalue weighted by atomic mass is 16.7. The lowest BCUT2D eigenvalue weighted by Crippen LogP contribution is -2.61. The number of carboxylic acid groups (broad SMARTS) is 1. The van der Waals surface area contributed by atoms with E-state index in [1.54, 1.807) is 0 Å². The molecule has 34 heavy (non-hydrogen) atoms. The van der Waals surface area contributed by atoms with E-state index in [0.29, 0.717) is 0 Å². The number of benzene rings is 2. The van der Waals surface area contributed by atoms with Gasteiger partial charge in [-0.2, -0.15) is 0 Å². The molecule has 1 aliphatic rings. The third-order valence-electron chi connectivity index (χ3n) is 5.23. The number of aromatic hydroxyl groups is 4. The number of phenols is 3. The standard InChI is InChI=1S/C21H18O13/c22-8-2-1-6(3-9(8)23)18-15(27)13(25)12-10(24)4-7(5-11(12)33-18)32-21-17(29)14(26)16(28)19(34-21)20(30)31/h1-5,14,16-17,19,21-24,26-29H,(H,30,31)/t14-,16-,17+,19+,21-/m1/s1. The third-order valence-corrected chi connectivity index (χ3v) is 5.23. The minimum Gasteiger partial charge on any atom is -0.507 e. The molecular weight excluding hydrogens is 460 g/mol. The predicted molar refractivity (Wildman–Crippen MR) is 110 cm³/mol. The number of fused-ring (bicyclic) bond motifs is 1. The van der Waals surface area contributed by atoms with Crippen molar-refractivity contribution in [2.24, 2.45) is 0 Å². The maximum atomic E-state index is 12.6. The summed E-state index contributed by atoms with van der Waals surface area (Å²) in [7, 11) is 0. The number of ether oxygens (including phenoxy) is 2. The van der Waals surface area contributed by atoms with Gasteiger partial charge in [-0.15, -0.1) is 0 Å². The highest BCUT2D eigenvalue weighted by Gasteiger charge is 2.48. The Labute approximate surface area is 188 Å². The van der Waals surface area contributed by atoms with Crippen LogP contribution in [0.1, 0.15) is 0 Å². The van der Waals surface area contributed by atoms with Gasteiger partial charge in [0.1, 0.15) is 40.8 Å². The lowest BCUT2D eigenvalue weighted by atomic mass is 9.99. The van der Waals surface area contributed by atoms with E-state index in [1.165, 1.54) is 6.07 Å². The zero-order valence-electron chi connectivity index (χ0n) is 16.9. The molecule has 13 heteroatoms. The number of phenolic OH excluding ortho intramolecular Hbond substituents is 3. The molecule has 13 nitrogen and oxygen atoms in total. The van der Waals surface area contributed by atoms with Crippen molar-refractivity contribution in [3.8, 4) is 40.1 Å². The van der Waals surface area contributed by atoms with Crippen molar-refractivity contribution in [2.75, 3.05) is 0 Å². The van der Waals surface area contributed by atoms with Crippen LogP contribution >= 0.6 is 0 Å². The number of carbonyl (C=O) groups is 1. The van der Waals surface area contributed by atoms with Gasteiger partial charge in [0.05, 0.1) is 0 Å². The number of rotatable bonds is 4. The van der Waals surface area contributed by atoms with E-state index in [-0.39, 0.29) is 16.9 Å². The lowest BCUT2D eigenvalue weighted by Gasteiger charge is -2.38. The van der Waals surface area contributed by atoms with Crippen LogP contribution < -0.4 is 10.2 Å². The number of carboxylic acids is 1. The Balaban J connectivity index is 1.77. The molecule has 0 spiro atoms. The summed E-state index contributed by atoms with van der Waals surface area (Å²) in [6, 6.07) is 5.30. The van der Waals surface area contributed by atoms with Crippen LogP contribution in [0, 0.1) is 0 Å². The van der Waals surface area contributed by atoms with E-state index in [2.05, 4.69) is 0 Å². The molecule has 2 heterocycles. The molecule has 1 fully saturated rings. The van der Waals surface area contributed by atoms with Gasteiger partial charge in [0, 0.05) is 17.7 Å². The quantitative estimate of drug-likeness (QED) is 0.223. The van der Waals surface area contributed by atoms with Crippen molar-refractivity contribution in [3.05, 3.63) is 40.6 Å². The Kier molecular flexibility index (Phi) is 5.70. The van der Waals surface area contributed by atoms with Crippen molar-refractivity contribution in [1.29, 1.82) is 0 Å². The van der Waals surface area contributed by atoms with Gasteiger partial charge in [-0.3, -0.25) is 4.79 Å². The minimum absolute atomic E-state index is 0.00468. The van der Waals surface area contributed by atoms with Crippen LogP contribution in [0.25, 0.3) is 22.3 Å². The summed E-state index contributed by atoms with van der Waals surface area (Å²) in [5.74, 6) is -4.96. The highest BCUT2D eigenvalue weighted by molar-refractivity contribution is 5.88. The molecule has 0 aliphatic carbocycles. The van der Waals surface area contributed by atoms with E-state index in [9.17, 15) is 45.3 Å². The third kappa shape index (κ3) is 3.82. The number of aliphatic hydroxyl groups excluding tert-OH is 3. The highest BCUT2D eigenvalue weighted by Crippen LogP contribution is 2.38. The zero-order chi connectivity index (χ0) is 24.9. The number of aliphatic hydroxyl groups is 3. The van der Waals surface area contributed by atoms with Crippen LogP contribution in [0.4, 0.5) is 0 Å². The van der Waals surface area contributed by atoms with Gasteiger partial charge in [0.2, 0.25) is 17.5 Å².